The van der Waals surface area contributed by atoms with Gasteiger partial charge in [-0.2, -0.15) is 0 Å². The average molecular weight is 359 g/mol. The minimum absolute atomic E-state index is 0.175. The van der Waals surface area contributed by atoms with E-state index in [0.717, 1.165) is 18.5 Å². The molecule has 2 saturated heterocycles. The maximum absolute atomic E-state index is 13.2. The number of aliphatic imine (C=N–C) groups is 1. The highest BCUT2D eigenvalue weighted by atomic mass is 19.1. The van der Waals surface area contributed by atoms with E-state index < -0.39 is 12.2 Å². The third kappa shape index (κ3) is 2.43. The monoisotopic (exact) mass is 359 g/mol. The molecule has 1 aromatic rings. The van der Waals surface area contributed by atoms with Crippen LogP contribution in [0.1, 0.15) is 19.8 Å². The molecule has 3 amide bonds. The van der Waals surface area contributed by atoms with Crippen LogP contribution in [0.15, 0.2) is 29.3 Å². The molecule has 1 aromatic carbocycles. The number of guanidine groups is 1. The highest BCUT2D eigenvalue weighted by Crippen LogP contribution is 2.33. The summed E-state index contributed by atoms with van der Waals surface area (Å²) in [7, 11) is 1.69. The van der Waals surface area contributed by atoms with Gasteiger partial charge in [-0.05, 0) is 30.7 Å². The molecule has 0 saturated carbocycles. The Hall–Kier alpha value is -2.64. The first kappa shape index (κ1) is 16.8. The molecule has 8 heteroatoms. The van der Waals surface area contributed by atoms with Crippen molar-refractivity contribution in [2.24, 2.45) is 4.99 Å². The van der Waals surface area contributed by atoms with Gasteiger partial charge >= 0.3 is 6.03 Å². The number of imide groups is 1. The van der Waals surface area contributed by atoms with Crippen molar-refractivity contribution in [2.45, 2.75) is 32.0 Å². The first-order chi connectivity index (χ1) is 12.5. The lowest BCUT2D eigenvalue weighted by atomic mass is 10.1. The minimum Gasteiger partial charge on any atom is -0.325 e. The van der Waals surface area contributed by atoms with Gasteiger partial charge in [0.25, 0.3) is 5.91 Å². The highest BCUT2D eigenvalue weighted by molar-refractivity contribution is 6.07. The third-order valence-corrected chi connectivity index (χ3v) is 5.25. The summed E-state index contributed by atoms with van der Waals surface area (Å²) in [6.07, 6.45) is 1.20. The summed E-state index contributed by atoms with van der Waals surface area (Å²) in [5, 5.41) is 0. The van der Waals surface area contributed by atoms with Gasteiger partial charge in [-0.15, -0.1) is 0 Å². The van der Waals surface area contributed by atoms with Crippen LogP contribution in [0.2, 0.25) is 0 Å². The molecule has 0 spiro atoms. The SMILES string of the molecule is CCCCN1C(=O)C2C(N=C3N(c4ccc(F)cc4)CCN32)N(C)C1=O. The van der Waals surface area contributed by atoms with Crippen molar-refractivity contribution in [3.05, 3.63) is 30.1 Å². The van der Waals surface area contributed by atoms with Crippen LogP contribution >= 0.6 is 0 Å². The van der Waals surface area contributed by atoms with E-state index in [9.17, 15) is 14.0 Å². The minimum atomic E-state index is -0.508. The Morgan fingerprint density at radius 3 is 2.62 bits per heavy atom. The number of halogens is 1. The Labute approximate surface area is 151 Å². The number of fused-ring (bicyclic) bond motifs is 3. The topological polar surface area (TPSA) is 59.5 Å². The van der Waals surface area contributed by atoms with E-state index in [1.807, 2.05) is 16.7 Å². The fourth-order valence-electron chi connectivity index (χ4n) is 3.82. The normalized spacial score (nSPS) is 25.0. The van der Waals surface area contributed by atoms with Gasteiger partial charge in [-0.25, -0.2) is 14.2 Å². The summed E-state index contributed by atoms with van der Waals surface area (Å²) in [5.41, 5.74) is 0.829. The van der Waals surface area contributed by atoms with E-state index in [1.54, 1.807) is 24.1 Å². The zero-order chi connectivity index (χ0) is 18.4. The van der Waals surface area contributed by atoms with Gasteiger partial charge in [-0.3, -0.25) is 9.69 Å². The molecule has 3 aliphatic rings. The number of urea groups is 1. The van der Waals surface area contributed by atoms with Crippen molar-refractivity contribution in [3.63, 3.8) is 0 Å². The van der Waals surface area contributed by atoms with E-state index in [-0.39, 0.29) is 17.8 Å². The fraction of sp³-hybridized carbons (Fsp3) is 0.500. The van der Waals surface area contributed by atoms with Crippen molar-refractivity contribution in [3.8, 4) is 0 Å². The maximum atomic E-state index is 13.2. The second-order valence-corrected chi connectivity index (χ2v) is 6.85. The van der Waals surface area contributed by atoms with Gasteiger partial charge in [0.2, 0.25) is 5.96 Å². The van der Waals surface area contributed by atoms with Crippen LogP contribution in [0.3, 0.4) is 0 Å². The molecule has 4 rings (SSSR count). The van der Waals surface area contributed by atoms with E-state index in [2.05, 4.69) is 4.99 Å². The number of benzene rings is 1. The van der Waals surface area contributed by atoms with Crippen molar-refractivity contribution >= 4 is 23.6 Å². The smallest absolute Gasteiger partial charge is 0.325 e. The largest absolute Gasteiger partial charge is 0.328 e. The Bertz CT molecular complexity index is 765. The lowest BCUT2D eigenvalue weighted by Crippen LogP contribution is -2.64. The first-order valence-corrected chi connectivity index (χ1v) is 8.98. The second-order valence-electron chi connectivity index (χ2n) is 6.85. The molecule has 138 valence electrons. The molecule has 0 N–H and O–H groups in total. The molecule has 3 heterocycles. The summed E-state index contributed by atoms with van der Waals surface area (Å²) in [6, 6.07) is 5.46. The first-order valence-electron chi connectivity index (χ1n) is 8.98. The predicted molar refractivity (Wildman–Crippen MR) is 95.2 cm³/mol. The van der Waals surface area contributed by atoms with Gasteiger partial charge in [-0.1, -0.05) is 13.3 Å². The van der Waals surface area contributed by atoms with Crippen LogP contribution in [0.4, 0.5) is 14.9 Å². The fourth-order valence-corrected chi connectivity index (χ4v) is 3.82. The summed E-state index contributed by atoms with van der Waals surface area (Å²) in [6.45, 7) is 3.79. The van der Waals surface area contributed by atoms with Crippen molar-refractivity contribution in [1.29, 1.82) is 0 Å². The van der Waals surface area contributed by atoms with Gasteiger partial charge in [0.15, 0.2) is 12.2 Å². The second kappa shape index (κ2) is 6.26. The van der Waals surface area contributed by atoms with Crippen molar-refractivity contribution in [1.82, 2.24) is 14.7 Å². The van der Waals surface area contributed by atoms with Gasteiger partial charge in [0.05, 0.1) is 0 Å². The molecule has 26 heavy (non-hydrogen) atoms. The Morgan fingerprint density at radius 1 is 1.19 bits per heavy atom. The number of amides is 3. The number of likely N-dealkylation sites (N-methyl/N-ethyl adjacent to an activating group) is 1. The number of anilines is 1. The molecule has 3 aliphatic heterocycles. The van der Waals surface area contributed by atoms with Crippen LogP contribution < -0.4 is 4.90 Å². The summed E-state index contributed by atoms with van der Waals surface area (Å²) in [4.78, 5) is 37.1. The quantitative estimate of drug-likeness (QED) is 0.821. The molecule has 2 unspecified atom stereocenters. The Balaban J connectivity index is 1.63. The molecule has 0 bridgehead atoms. The van der Waals surface area contributed by atoms with E-state index in [4.69, 9.17) is 0 Å². The molecule has 0 radical (unpaired) electrons. The maximum Gasteiger partial charge on any atom is 0.328 e. The zero-order valence-electron chi connectivity index (χ0n) is 14.9. The molecular weight excluding hydrogens is 337 g/mol. The Morgan fingerprint density at radius 2 is 1.92 bits per heavy atom. The number of hydrogen-bond acceptors (Lipinski definition) is 5. The van der Waals surface area contributed by atoms with E-state index >= 15 is 0 Å². The van der Waals surface area contributed by atoms with Crippen molar-refractivity contribution in [2.75, 3.05) is 31.6 Å². The standard InChI is InChI=1S/C18H22FN5O2/c1-3-4-9-24-16(25)14-15(21(2)18(24)26)20-17-22(10-11-23(14)17)13-7-5-12(19)6-8-13/h5-8,14-15H,3-4,9-11H2,1-2H3. The van der Waals surface area contributed by atoms with Crippen LogP contribution in [0.25, 0.3) is 0 Å². The number of nitrogens with zero attached hydrogens (tertiary/aromatic N) is 5. The molecule has 0 aromatic heterocycles. The number of carbonyl (C=O) groups is 2. The van der Waals surface area contributed by atoms with Crippen LogP contribution in [0, 0.1) is 5.82 Å². The van der Waals surface area contributed by atoms with E-state index in [0.29, 0.717) is 25.6 Å². The molecule has 2 fully saturated rings. The van der Waals surface area contributed by atoms with Gasteiger partial charge < -0.3 is 14.7 Å². The lowest BCUT2D eigenvalue weighted by molar-refractivity contribution is -0.137. The molecule has 2 atom stereocenters. The number of unbranched alkanes of at least 4 members (excludes halogenated alkanes) is 1. The highest BCUT2D eigenvalue weighted by Gasteiger charge is 2.54. The van der Waals surface area contributed by atoms with Crippen LogP contribution in [-0.2, 0) is 4.79 Å². The number of rotatable bonds is 4. The molecular formula is C18H22FN5O2. The summed E-state index contributed by atoms with van der Waals surface area (Å²) in [5.74, 6) is 0.210. The van der Waals surface area contributed by atoms with Gasteiger partial charge in [0.1, 0.15) is 5.82 Å². The van der Waals surface area contributed by atoms with Crippen LogP contribution in [-0.4, -0.2) is 71.5 Å². The number of carbonyl (C=O) groups excluding carboxylic acids is 2. The van der Waals surface area contributed by atoms with Gasteiger partial charge in [0, 0.05) is 32.4 Å². The average Bonchev–Trinajstić information content (AvgIpc) is 3.20. The number of hydrogen-bond donors (Lipinski definition) is 0. The zero-order valence-corrected chi connectivity index (χ0v) is 14.9. The molecule has 0 aliphatic carbocycles. The van der Waals surface area contributed by atoms with Crippen LogP contribution in [0.5, 0.6) is 0 Å². The summed E-state index contributed by atoms with van der Waals surface area (Å²) >= 11 is 0. The van der Waals surface area contributed by atoms with Crippen molar-refractivity contribution < 1.29 is 14.0 Å². The predicted octanol–water partition coefficient (Wildman–Crippen LogP) is 1.71. The Kier molecular flexibility index (Phi) is 4.05. The molecule has 7 nitrogen and oxygen atoms in total. The lowest BCUT2D eigenvalue weighted by Gasteiger charge is -2.40. The summed E-state index contributed by atoms with van der Waals surface area (Å²) < 4.78 is 13.2. The third-order valence-electron chi connectivity index (χ3n) is 5.25. The van der Waals surface area contributed by atoms with E-state index in [1.165, 1.54) is 17.0 Å².